The summed E-state index contributed by atoms with van der Waals surface area (Å²) in [6.45, 7) is 1.77. The van der Waals surface area contributed by atoms with E-state index in [1.807, 2.05) is 19.1 Å². The van der Waals surface area contributed by atoms with Crippen LogP contribution in [0.3, 0.4) is 0 Å². The first-order valence-corrected chi connectivity index (χ1v) is 9.60. The molecule has 152 valence electrons. The van der Waals surface area contributed by atoms with Crippen LogP contribution < -0.4 is 10.6 Å². The number of nitrogens with zero attached hydrogens (tertiary/aromatic N) is 3. The molecule has 0 saturated heterocycles. The fraction of sp³-hybridized carbons (Fsp3) is 0.300. The number of aliphatic hydroxyl groups excluding tert-OH is 1. The fourth-order valence-corrected chi connectivity index (χ4v) is 3.19. The van der Waals surface area contributed by atoms with Gasteiger partial charge in [0, 0.05) is 36.6 Å². The SMILES string of the molecule is CC[C@H](CO)NC(=O)c1c[nH]c2ncc(C(=NC)c3ccc(Cl)cc3NC)nc12. The molecule has 3 aromatic rings. The van der Waals surface area contributed by atoms with Crippen LogP contribution >= 0.6 is 11.6 Å². The van der Waals surface area contributed by atoms with Crippen molar-refractivity contribution in [2.24, 2.45) is 4.99 Å². The lowest BCUT2D eigenvalue weighted by molar-refractivity contribution is 0.0916. The summed E-state index contributed by atoms with van der Waals surface area (Å²) in [5.41, 5.74) is 4.07. The van der Waals surface area contributed by atoms with Crippen LogP contribution in [-0.2, 0) is 0 Å². The predicted molar refractivity (Wildman–Crippen MR) is 115 cm³/mol. The molecule has 1 amide bonds. The number of nitrogens with one attached hydrogen (secondary N) is 3. The molecule has 0 radical (unpaired) electrons. The van der Waals surface area contributed by atoms with Crippen molar-refractivity contribution in [3.8, 4) is 0 Å². The minimum absolute atomic E-state index is 0.127. The van der Waals surface area contributed by atoms with Gasteiger partial charge in [-0.05, 0) is 24.6 Å². The van der Waals surface area contributed by atoms with Gasteiger partial charge >= 0.3 is 0 Å². The molecule has 0 unspecified atom stereocenters. The number of halogens is 1. The second-order valence-corrected chi connectivity index (χ2v) is 6.86. The van der Waals surface area contributed by atoms with E-state index in [2.05, 4.69) is 30.6 Å². The Bertz CT molecular complexity index is 1060. The lowest BCUT2D eigenvalue weighted by atomic mass is 10.0. The Kier molecular flexibility index (Phi) is 6.46. The molecule has 2 heterocycles. The van der Waals surface area contributed by atoms with E-state index in [0.29, 0.717) is 39.6 Å². The van der Waals surface area contributed by atoms with Crippen LogP contribution in [0.2, 0.25) is 5.02 Å². The van der Waals surface area contributed by atoms with Gasteiger partial charge in [-0.3, -0.25) is 9.79 Å². The summed E-state index contributed by atoms with van der Waals surface area (Å²) in [4.78, 5) is 29.1. The third-order valence-corrected chi connectivity index (χ3v) is 4.88. The highest BCUT2D eigenvalue weighted by atomic mass is 35.5. The Morgan fingerprint density at radius 1 is 1.38 bits per heavy atom. The van der Waals surface area contributed by atoms with E-state index < -0.39 is 0 Å². The Labute approximate surface area is 173 Å². The number of H-pyrrole nitrogens is 1. The van der Waals surface area contributed by atoms with Gasteiger partial charge in [-0.15, -0.1) is 0 Å². The van der Waals surface area contributed by atoms with Gasteiger partial charge < -0.3 is 20.7 Å². The van der Waals surface area contributed by atoms with E-state index in [4.69, 9.17) is 11.6 Å². The third kappa shape index (κ3) is 4.23. The summed E-state index contributed by atoms with van der Waals surface area (Å²) < 4.78 is 0. The first-order valence-electron chi connectivity index (χ1n) is 9.23. The molecule has 0 aliphatic heterocycles. The molecule has 0 saturated carbocycles. The number of fused-ring (bicyclic) bond motifs is 1. The van der Waals surface area contributed by atoms with Gasteiger partial charge in [0.05, 0.1) is 30.1 Å². The van der Waals surface area contributed by atoms with Crippen LogP contribution in [0.4, 0.5) is 5.69 Å². The number of benzene rings is 1. The molecule has 29 heavy (non-hydrogen) atoms. The molecule has 0 bridgehead atoms. The van der Waals surface area contributed by atoms with Gasteiger partial charge in [0.1, 0.15) is 11.2 Å². The zero-order valence-electron chi connectivity index (χ0n) is 16.5. The molecule has 0 spiro atoms. The minimum atomic E-state index is -0.319. The highest BCUT2D eigenvalue weighted by molar-refractivity contribution is 6.31. The van der Waals surface area contributed by atoms with E-state index in [9.17, 15) is 9.90 Å². The van der Waals surface area contributed by atoms with Crippen molar-refractivity contribution in [1.29, 1.82) is 0 Å². The first-order chi connectivity index (χ1) is 14.0. The van der Waals surface area contributed by atoms with Gasteiger partial charge in [0.2, 0.25) is 0 Å². The molecule has 8 nitrogen and oxygen atoms in total. The van der Waals surface area contributed by atoms with E-state index >= 15 is 0 Å². The average Bonchev–Trinajstić information content (AvgIpc) is 3.16. The average molecular weight is 415 g/mol. The third-order valence-electron chi connectivity index (χ3n) is 4.65. The smallest absolute Gasteiger partial charge is 0.255 e. The maximum atomic E-state index is 12.6. The molecule has 0 aliphatic carbocycles. The Morgan fingerprint density at radius 2 is 2.17 bits per heavy atom. The van der Waals surface area contributed by atoms with E-state index in [-0.39, 0.29) is 18.6 Å². The number of carbonyl (C=O) groups excluding carboxylic acids is 1. The minimum Gasteiger partial charge on any atom is -0.394 e. The molecule has 1 atom stereocenters. The summed E-state index contributed by atoms with van der Waals surface area (Å²) in [6.07, 6.45) is 3.80. The zero-order chi connectivity index (χ0) is 21.0. The summed E-state index contributed by atoms with van der Waals surface area (Å²) in [5, 5.41) is 15.9. The number of carbonyl (C=O) groups is 1. The van der Waals surface area contributed by atoms with Gasteiger partial charge in [0.15, 0.2) is 5.65 Å². The molecule has 9 heteroatoms. The van der Waals surface area contributed by atoms with Crippen molar-refractivity contribution in [2.75, 3.05) is 26.0 Å². The predicted octanol–water partition coefficient (Wildman–Crippen LogP) is 2.62. The van der Waals surface area contributed by atoms with Crippen LogP contribution in [0.5, 0.6) is 0 Å². The maximum absolute atomic E-state index is 12.6. The van der Waals surface area contributed by atoms with Crippen molar-refractivity contribution in [2.45, 2.75) is 19.4 Å². The van der Waals surface area contributed by atoms with E-state index in [0.717, 1.165) is 11.3 Å². The molecule has 0 aliphatic rings. The molecule has 2 aromatic heterocycles. The van der Waals surface area contributed by atoms with Gasteiger partial charge in [-0.2, -0.15) is 0 Å². The quantitative estimate of drug-likeness (QED) is 0.443. The van der Waals surface area contributed by atoms with Gasteiger partial charge in [0.25, 0.3) is 5.91 Å². The lowest BCUT2D eigenvalue weighted by Gasteiger charge is -2.13. The van der Waals surface area contributed by atoms with Crippen LogP contribution in [-0.4, -0.2) is 58.4 Å². The summed E-state index contributed by atoms with van der Waals surface area (Å²) in [6, 6.07) is 5.14. The number of aromatic amines is 1. The molecule has 0 fully saturated rings. The van der Waals surface area contributed by atoms with Crippen molar-refractivity contribution in [1.82, 2.24) is 20.3 Å². The monoisotopic (exact) mass is 414 g/mol. The molecule has 1 aromatic carbocycles. The van der Waals surface area contributed by atoms with Crippen LogP contribution in [0.15, 0.2) is 35.6 Å². The number of aliphatic hydroxyl groups is 1. The lowest BCUT2D eigenvalue weighted by Crippen LogP contribution is -2.36. The highest BCUT2D eigenvalue weighted by Gasteiger charge is 2.19. The van der Waals surface area contributed by atoms with E-state index in [1.54, 1.807) is 32.6 Å². The number of anilines is 1. The number of hydrogen-bond acceptors (Lipinski definition) is 6. The normalized spacial score (nSPS) is 12.8. The fourth-order valence-electron chi connectivity index (χ4n) is 3.02. The van der Waals surface area contributed by atoms with Crippen molar-refractivity contribution < 1.29 is 9.90 Å². The Hall–Kier alpha value is -2.97. The number of aromatic nitrogens is 3. The number of rotatable bonds is 7. The van der Waals surface area contributed by atoms with E-state index in [1.165, 1.54) is 0 Å². The number of hydrogen-bond donors (Lipinski definition) is 4. The van der Waals surface area contributed by atoms with Crippen molar-refractivity contribution in [3.63, 3.8) is 0 Å². The first kappa shape index (κ1) is 20.8. The highest BCUT2D eigenvalue weighted by Crippen LogP contribution is 2.24. The second kappa shape index (κ2) is 9.02. The summed E-state index contributed by atoms with van der Waals surface area (Å²) in [7, 11) is 3.48. The van der Waals surface area contributed by atoms with Crippen LogP contribution in [0.1, 0.15) is 35.0 Å². The summed E-state index contributed by atoms with van der Waals surface area (Å²) in [5.74, 6) is -0.319. The number of aliphatic imine (C=N–C) groups is 1. The zero-order valence-corrected chi connectivity index (χ0v) is 17.2. The Morgan fingerprint density at radius 3 is 2.83 bits per heavy atom. The molecular weight excluding hydrogens is 392 g/mol. The largest absolute Gasteiger partial charge is 0.394 e. The second-order valence-electron chi connectivity index (χ2n) is 6.43. The van der Waals surface area contributed by atoms with Crippen LogP contribution in [0, 0.1) is 0 Å². The van der Waals surface area contributed by atoms with Gasteiger partial charge in [-0.25, -0.2) is 9.97 Å². The molecule has 4 N–H and O–H groups in total. The number of amides is 1. The molecule has 3 rings (SSSR count). The van der Waals surface area contributed by atoms with Crippen molar-refractivity contribution in [3.05, 3.63) is 52.4 Å². The molecular formula is C20H23ClN6O2. The van der Waals surface area contributed by atoms with Crippen LogP contribution in [0.25, 0.3) is 11.2 Å². The topological polar surface area (TPSA) is 115 Å². The Balaban J connectivity index is 2.04. The maximum Gasteiger partial charge on any atom is 0.255 e. The summed E-state index contributed by atoms with van der Waals surface area (Å²) >= 11 is 6.10. The van der Waals surface area contributed by atoms with Gasteiger partial charge in [-0.1, -0.05) is 18.5 Å². The standard InChI is InChI=1S/C20H23ClN6O2/c1-4-12(10-28)26-20(29)14-8-24-19-18(14)27-16(9-25-19)17(23-3)13-6-5-11(21)7-15(13)22-2/h5-9,12,22,28H,4,10H2,1-3H3,(H,24,25)(H,26,29)/t12-/m1/s1. The van der Waals surface area contributed by atoms with Crippen molar-refractivity contribution >= 4 is 40.1 Å².